The number of aryl methyl sites for hydroxylation is 2. The van der Waals surface area contributed by atoms with Crippen LogP contribution in [-0.4, -0.2) is 23.3 Å². The van der Waals surface area contributed by atoms with Gasteiger partial charge in [0.1, 0.15) is 0 Å². The number of nitrogens with one attached hydrogen (secondary N) is 1. The maximum atomic E-state index is 13.0. The number of carbonyl (C=O) groups excluding carboxylic acids is 2. The van der Waals surface area contributed by atoms with Crippen LogP contribution in [0.1, 0.15) is 47.9 Å². The number of nitrogens with zero attached hydrogens (tertiary/aromatic N) is 1. The Balaban J connectivity index is 1.32. The molecular formula is C25H30N2O2. The summed E-state index contributed by atoms with van der Waals surface area (Å²) in [6, 6.07) is 14.5. The van der Waals surface area contributed by atoms with Crippen molar-refractivity contribution in [3.05, 3.63) is 64.7 Å². The molecule has 2 amide bonds. The van der Waals surface area contributed by atoms with Crippen LogP contribution in [0.5, 0.6) is 0 Å². The number of amides is 2. The lowest BCUT2D eigenvalue weighted by molar-refractivity contribution is -0.138. The van der Waals surface area contributed by atoms with Crippen LogP contribution in [0.15, 0.2) is 42.5 Å². The van der Waals surface area contributed by atoms with E-state index < -0.39 is 0 Å². The summed E-state index contributed by atoms with van der Waals surface area (Å²) in [5.41, 5.74) is 5.76. The van der Waals surface area contributed by atoms with Gasteiger partial charge in [-0.15, -0.1) is 0 Å². The molecule has 1 heterocycles. The summed E-state index contributed by atoms with van der Waals surface area (Å²) in [5.74, 6) is 0.426. The predicted molar refractivity (Wildman–Crippen MR) is 116 cm³/mol. The van der Waals surface area contributed by atoms with E-state index in [1.165, 1.54) is 11.1 Å². The van der Waals surface area contributed by atoms with Gasteiger partial charge in [-0.2, -0.15) is 0 Å². The fourth-order valence-corrected chi connectivity index (χ4v) is 4.65. The van der Waals surface area contributed by atoms with E-state index in [0.717, 1.165) is 62.0 Å². The van der Waals surface area contributed by atoms with E-state index in [2.05, 4.69) is 29.6 Å². The van der Waals surface area contributed by atoms with Crippen LogP contribution in [-0.2, 0) is 22.6 Å². The summed E-state index contributed by atoms with van der Waals surface area (Å²) in [5, 5.41) is 3.10. The highest BCUT2D eigenvalue weighted by molar-refractivity contribution is 5.93. The second-order valence-corrected chi connectivity index (χ2v) is 8.63. The minimum atomic E-state index is 0.000967. The first-order chi connectivity index (χ1) is 14.0. The smallest absolute Gasteiger partial charge is 0.227 e. The molecule has 4 nitrogen and oxygen atoms in total. The van der Waals surface area contributed by atoms with Crippen LogP contribution in [0.4, 0.5) is 5.69 Å². The van der Waals surface area contributed by atoms with E-state index in [4.69, 9.17) is 0 Å². The Morgan fingerprint density at radius 2 is 1.62 bits per heavy atom. The molecule has 152 valence electrons. The van der Waals surface area contributed by atoms with Gasteiger partial charge in [-0.1, -0.05) is 36.4 Å². The van der Waals surface area contributed by atoms with Gasteiger partial charge in [0.25, 0.3) is 0 Å². The standard InChI is InChI=1S/C25H30N2O2/c1-17-7-8-18(2)23(15-17)26-24(28)20-9-11-21(12-10-20)25(29)27-14-13-19-5-3-4-6-22(19)16-27/h3-8,15,20-21H,9-14,16H2,1-2H3,(H,26,28). The number of hydrogen-bond donors (Lipinski definition) is 1. The van der Waals surface area contributed by atoms with Gasteiger partial charge in [0, 0.05) is 30.6 Å². The zero-order valence-electron chi connectivity index (χ0n) is 17.4. The monoisotopic (exact) mass is 390 g/mol. The van der Waals surface area contributed by atoms with Crippen molar-refractivity contribution < 1.29 is 9.59 Å². The summed E-state index contributed by atoms with van der Waals surface area (Å²) in [6.45, 7) is 5.58. The first kappa shape index (κ1) is 19.7. The zero-order valence-corrected chi connectivity index (χ0v) is 17.4. The van der Waals surface area contributed by atoms with Crippen LogP contribution < -0.4 is 5.32 Å². The minimum absolute atomic E-state index is 0.000967. The van der Waals surface area contributed by atoms with E-state index in [1.54, 1.807) is 0 Å². The lowest BCUT2D eigenvalue weighted by Crippen LogP contribution is -2.41. The number of anilines is 1. The van der Waals surface area contributed by atoms with Gasteiger partial charge in [0.05, 0.1) is 0 Å². The minimum Gasteiger partial charge on any atom is -0.338 e. The molecule has 0 aromatic heterocycles. The van der Waals surface area contributed by atoms with Crippen molar-refractivity contribution >= 4 is 17.5 Å². The maximum absolute atomic E-state index is 13.0. The average molecular weight is 391 g/mol. The van der Waals surface area contributed by atoms with Gasteiger partial charge in [-0.3, -0.25) is 9.59 Å². The number of rotatable bonds is 3. The second-order valence-electron chi connectivity index (χ2n) is 8.63. The molecule has 0 spiro atoms. The third kappa shape index (κ3) is 4.36. The maximum Gasteiger partial charge on any atom is 0.227 e. The van der Waals surface area contributed by atoms with E-state index in [1.807, 2.05) is 36.9 Å². The summed E-state index contributed by atoms with van der Waals surface area (Å²) < 4.78 is 0. The molecule has 2 aliphatic rings. The van der Waals surface area contributed by atoms with Gasteiger partial charge in [-0.25, -0.2) is 0 Å². The van der Waals surface area contributed by atoms with Crippen molar-refractivity contribution in [1.82, 2.24) is 4.90 Å². The molecule has 29 heavy (non-hydrogen) atoms. The fourth-order valence-electron chi connectivity index (χ4n) is 4.65. The topological polar surface area (TPSA) is 49.4 Å². The van der Waals surface area contributed by atoms with E-state index in [-0.39, 0.29) is 23.7 Å². The summed E-state index contributed by atoms with van der Waals surface area (Å²) in [7, 11) is 0. The molecule has 0 unspecified atom stereocenters. The molecule has 4 rings (SSSR count). The van der Waals surface area contributed by atoms with Gasteiger partial charge in [0.2, 0.25) is 11.8 Å². The lowest BCUT2D eigenvalue weighted by Gasteiger charge is -2.34. The van der Waals surface area contributed by atoms with Crippen LogP contribution >= 0.6 is 0 Å². The molecule has 2 aromatic rings. The molecule has 4 heteroatoms. The third-order valence-corrected chi connectivity index (χ3v) is 6.54. The van der Waals surface area contributed by atoms with Crippen molar-refractivity contribution in [3.8, 4) is 0 Å². The highest BCUT2D eigenvalue weighted by Crippen LogP contribution is 2.32. The molecule has 1 saturated carbocycles. The molecular weight excluding hydrogens is 360 g/mol. The Kier molecular flexibility index (Phi) is 5.70. The first-order valence-electron chi connectivity index (χ1n) is 10.7. The number of fused-ring (bicyclic) bond motifs is 1. The van der Waals surface area contributed by atoms with Crippen molar-refractivity contribution in [2.24, 2.45) is 11.8 Å². The molecule has 1 N–H and O–H groups in total. The molecule has 0 bridgehead atoms. The molecule has 1 aliphatic carbocycles. The van der Waals surface area contributed by atoms with Gasteiger partial charge in [0.15, 0.2) is 0 Å². The number of hydrogen-bond acceptors (Lipinski definition) is 2. The van der Waals surface area contributed by atoms with Crippen molar-refractivity contribution in [2.75, 3.05) is 11.9 Å². The van der Waals surface area contributed by atoms with E-state index in [0.29, 0.717) is 0 Å². The molecule has 1 fully saturated rings. The Hall–Kier alpha value is -2.62. The largest absolute Gasteiger partial charge is 0.338 e. The molecule has 0 atom stereocenters. The summed E-state index contributed by atoms with van der Waals surface area (Å²) in [6.07, 6.45) is 4.13. The Morgan fingerprint density at radius 1 is 0.931 bits per heavy atom. The van der Waals surface area contributed by atoms with E-state index in [9.17, 15) is 9.59 Å². The van der Waals surface area contributed by atoms with Crippen LogP contribution in [0.2, 0.25) is 0 Å². The van der Waals surface area contributed by atoms with Gasteiger partial charge < -0.3 is 10.2 Å². The van der Waals surface area contributed by atoms with Gasteiger partial charge in [-0.05, 0) is 74.3 Å². The Morgan fingerprint density at radius 3 is 2.38 bits per heavy atom. The Labute approximate surface area is 173 Å². The highest BCUT2D eigenvalue weighted by atomic mass is 16.2. The SMILES string of the molecule is Cc1ccc(C)c(NC(=O)C2CCC(C(=O)N3CCc4ccccc4C3)CC2)c1. The second kappa shape index (κ2) is 8.40. The van der Waals surface area contributed by atoms with Crippen LogP contribution in [0, 0.1) is 25.7 Å². The molecule has 0 saturated heterocycles. The first-order valence-corrected chi connectivity index (χ1v) is 10.7. The van der Waals surface area contributed by atoms with E-state index >= 15 is 0 Å². The lowest BCUT2D eigenvalue weighted by atomic mass is 9.80. The predicted octanol–water partition coefficient (Wildman–Crippen LogP) is 4.63. The van der Waals surface area contributed by atoms with Crippen molar-refractivity contribution in [2.45, 2.75) is 52.5 Å². The highest BCUT2D eigenvalue weighted by Gasteiger charge is 2.33. The van der Waals surface area contributed by atoms with Crippen molar-refractivity contribution in [3.63, 3.8) is 0 Å². The third-order valence-electron chi connectivity index (χ3n) is 6.54. The van der Waals surface area contributed by atoms with Crippen LogP contribution in [0.3, 0.4) is 0 Å². The molecule has 0 radical (unpaired) electrons. The molecule has 1 aliphatic heterocycles. The van der Waals surface area contributed by atoms with Gasteiger partial charge >= 0.3 is 0 Å². The fraction of sp³-hybridized carbons (Fsp3) is 0.440. The zero-order chi connectivity index (χ0) is 20.4. The quantitative estimate of drug-likeness (QED) is 0.830. The normalized spacial score (nSPS) is 21.4. The average Bonchev–Trinajstić information content (AvgIpc) is 2.75. The Bertz CT molecular complexity index is 913. The summed E-state index contributed by atoms with van der Waals surface area (Å²) >= 11 is 0. The molecule has 2 aromatic carbocycles. The van der Waals surface area contributed by atoms with Crippen LogP contribution in [0.25, 0.3) is 0 Å². The number of benzene rings is 2. The number of carbonyl (C=O) groups is 2. The van der Waals surface area contributed by atoms with Crippen molar-refractivity contribution in [1.29, 1.82) is 0 Å². The summed E-state index contributed by atoms with van der Waals surface area (Å²) in [4.78, 5) is 27.8.